The zero-order valence-electron chi connectivity index (χ0n) is 18.8. The average molecular weight is 497 g/mol. The summed E-state index contributed by atoms with van der Waals surface area (Å²) in [5, 5.41) is 4.90. The van der Waals surface area contributed by atoms with Crippen molar-refractivity contribution in [3.63, 3.8) is 0 Å². The lowest BCUT2D eigenvalue weighted by molar-refractivity contribution is 0.0947. The Morgan fingerprint density at radius 1 is 1.24 bits per heavy atom. The molecular formula is C24H24N4O4S2. The Labute approximate surface area is 201 Å². The maximum atomic E-state index is 13.3. The van der Waals surface area contributed by atoms with E-state index >= 15 is 0 Å². The molecule has 0 bridgehead atoms. The van der Waals surface area contributed by atoms with Gasteiger partial charge in [0.2, 0.25) is 0 Å². The number of thiophene rings is 1. The van der Waals surface area contributed by atoms with Crippen molar-refractivity contribution in [3.05, 3.63) is 64.9 Å². The van der Waals surface area contributed by atoms with Gasteiger partial charge in [-0.15, -0.1) is 11.3 Å². The van der Waals surface area contributed by atoms with Crippen LogP contribution in [0.1, 0.15) is 34.3 Å². The molecule has 4 heterocycles. The van der Waals surface area contributed by atoms with Crippen LogP contribution in [0.25, 0.3) is 21.6 Å². The topological polar surface area (TPSA) is 103 Å². The van der Waals surface area contributed by atoms with E-state index in [1.807, 2.05) is 59.3 Å². The smallest absolute Gasteiger partial charge is 0.272 e. The van der Waals surface area contributed by atoms with E-state index in [-0.39, 0.29) is 35.7 Å². The van der Waals surface area contributed by atoms with E-state index in [4.69, 9.17) is 4.74 Å². The number of ether oxygens (including phenoxy) is 1. The van der Waals surface area contributed by atoms with E-state index in [0.29, 0.717) is 29.2 Å². The molecule has 1 unspecified atom stereocenters. The van der Waals surface area contributed by atoms with Gasteiger partial charge in [0.1, 0.15) is 17.1 Å². The first-order valence-electron chi connectivity index (χ1n) is 10.9. The molecule has 4 aromatic rings. The highest BCUT2D eigenvalue weighted by molar-refractivity contribution is 7.91. The Morgan fingerprint density at radius 2 is 2.06 bits per heavy atom. The fourth-order valence-electron chi connectivity index (χ4n) is 4.47. The Hall–Kier alpha value is -3.24. The molecule has 8 nitrogen and oxygen atoms in total. The molecule has 1 N–H and O–H groups in total. The number of nitrogens with zero attached hydrogens (tertiary/aromatic N) is 3. The third kappa shape index (κ3) is 4.19. The summed E-state index contributed by atoms with van der Waals surface area (Å²) in [6.45, 7) is 2.11. The van der Waals surface area contributed by atoms with Crippen LogP contribution in [0.2, 0.25) is 0 Å². The van der Waals surface area contributed by atoms with Gasteiger partial charge in [0.25, 0.3) is 5.91 Å². The molecule has 3 aromatic heterocycles. The van der Waals surface area contributed by atoms with Gasteiger partial charge in [-0.3, -0.25) is 4.79 Å². The van der Waals surface area contributed by atoms with Crippen LogP contribution in [0.5, 0.6) is 5.75 Å². The third-order valence-electron chi connectivity index (χ3n) is 6.05. The summed E-state index contributed by atoms with van der Waals surface area (Å²) >= 11 is 1.53. The summed E-state index contributed by atoms with van der Waals surface area (Å²) in [4.78, 5) is 23.6. The van der Waals surface area contributed by atoms with Crippen LogP contribution in [-0.2, 0) is 16.4 Å². The SMILES string of the molecule is COc1ccccc1CNC(=O)c1nc(-c2cccs2)cc2c1nc(C)n2C1CCS(=O)(=O)C1. The summed E-state index contributed by atoms with van der Waals surface area (Å²) in [6, 6.07) is 13.1. The van der Waals surface area contributed by atoms with Crippen LogP contribution >= 0.6 is 11.3 Å². The van der Waals surface area contributed by atoms with Crippen LogP contribution in [0.4, 0.5) is 0 Å². The van der Waals surface area contributed by atoms with Crippen molar-refractivity contribution in [2.24, 2.45) is 0 Å². The minimum Gasteiger partial charge on any atom is -0.496 e. The van der Waals surface area contributed by atoms with E-state index in [2.05, 4.69) is 15.3 Å². The maximum absolute atomic E-state index is 13.3. The number of rotatable bonds is 6. The second-order valence-electron chi connectivity index (χ2n) is 8.28. The highest BCUT2D eigenvalue weighted by Crippen LogP contribution is 2.33. The molecule has 0 aliphatic carbocycles. The van der Waals surface area contributed by atoms with Crippen LogP contribution in [0, 0.1) is 6.92 Å². The van der Waals surface area contributed by atoms with E-state index in [9.17, 15) is 13.2 Å². The second kappa shape index (κ2) is 8.84. The molecule has 176 valence electrons. The molecule has 1 amide bonds. The number of amides is 1. The van der Waals surface area contributed by atoms with Gasteiger partial charge >= 0.3 is 0 Å². The molecule has 1 fully saturated rings. The molecule has 1 aliphatic heterocycles. The number of methoxy groups -OCH3 is 1. The van der Waals surface area contributed by atoms with Crippen LogP contribution in [0.15, 0.2) is 47.8 Å². The van der Waals surface area contributed by atoms with Crippen molar-refractivity contribution in [1.29, 1.82) is 0 Å². The first-order chi connectivity index (χ1) is 16.4. The Kier molecular flexibility index (Phi) is 5.86. The zero-order valence-corrected chi connectivity index (χ0v) is 20.4. The molecule has 1 atom stereocenters. The third-order valence-corrected chi connectivity index (χ3v) is 8.69. The van der Waals surface area contributed by atoms with Gasteiger partial charge in [-0.2, -0.15) is 0 Å². The van der Waals surface area contributed by atoms with Crippen molar-refractivity contribution in [2.45, 2.75) is 25.9 Å². The summed E-state index contributed by atoms with van der Waals surface area (Å²) < 4.78 is 31.7. The lowest BCUT2D eigenvalue weighted by Crippen LogP contribution is -2.24. The Morgan fingerprint density at radius 3 is 2.76 bits per heavy atom. The normalized spacial score (nSPS) is 17.2. The first-order valence-corrected chi connectivity index (χ1v) is 13.6. The number of benzene rings is 1. The van der Waals surface area contributed by atoms with Crippen molar-refractivity contribution in [1.82, 2.24) is 19.9 Å². The first kappa shape index (κ1) is 22.5. The number of aromatic nitrogens is 3. The van der Waals surface area contributed by atoms with Gasteiger partial charge < -0.3 is 14.6 Å². The number of pyridine rings is 1. The van der Waals surface area contributed by atoms with Gasteiger partial charge in [-0.1, -0.05) is 24.3 Å². The minimum atomic E-state index is -3.09. The Bertz CT molecular complexity index is 1480. The molecule has 10 heteroatoms. The van der Waals surface area contributed by atoms with Crippen molar-refractivity contribution in [3.8, 4) is 16.3 Å². The predicted octanol–water partition coefficient (Wildman–Crippen LogP) is 3.77. The minimum absolute atomic E-state index is 0.0747. The highest BCUT2D eigenvalue weighted by Gasteiger charge is 2.32. The monoisotopic (exact) mass is 496 g/mol. The predicted molar refractivity (Wildman–Crippen MR) is 132 cm³/mol. The van der Waals surface area contributed by atoms with E-state index in [1.165, 1.54) is 11.3 Å². The van der Waals surface area contributed by atoms with Crippen molar-refractivity contribution < 1.29 is 17.9 Å². The van der Waals surface area contributed by atoms with Crippen molar-refractivity contribution >= 4 is 38.1 Å². The molecule has 0 radical (unpaired) electrons. The highest BCUT2D eigenvalue weighted by atomic mass is 32.2. The number of sulfone groups is 1. The van der Waals surface area contributed by atoms with E-state index in [1.54, 1.807) is 7.11 Å². The molecule has 0 spiro atoms. The van der Waals surface area contributed by atoms with Crippen molar-refractivity contribution in [2.75, 3.05) is 18.6 Å². The lowest BCUT2D eigenvalue weighted by Gasteiger charge is -2.14. The standard InChI is InChI=1S/C24H24N4O4S2/c1-15-26-22-19(28(15)17-9-11-34(30,31)14-17)12-18(21-8-5-10-33-21)27-23(22)24(29)25-13-16-6-3-4-7-20(16)32-2/h3-8,10,12,17H,9,11,13-14H2,1-2H3,(H,25,29). The van der Waals surface area contributed by atoms with Crippen LogP contribution in [-0.4, -0.2) is 47.5 Å². The molecule has 5 rings (SSSR count). The number of imidazole rings is 1. The summed E-state index contributed by atoms with van der Waals surface area (Å²) in [6.07, 6.45) is 0.528. The number of carbonyl (C=O) groups excluding carboxylic acids is 1. The van der Waals surface area contributed by atoms with Gasteiger partial charge in [0.15, 0.2) is 15.5 Å². The Balaban J connectivity index is 1.58. The van der Waals surface area contributed by atoms with Crippen LogP contribution < -0.4 is 10.1 Å². The number of carbonyl (C=O) groups is 1. The quantitative estimate of drug-likeness (QED) is 0.436. The largest absolute Gasteiger partial charge is 0.496 e. The van der Waals surface area contributed by atoms with Gasteiger partial charge in [-0.25, -0.2) is 18.4 Å². The number of aryl methyl sites for hydroxylation is 1. The number of para-hydroxylation sites is 1. The maximum Gasteiger partial charge on any atom is 0.272 e. The van der Waals surface area contributed by atoms with E-state index < -0.39 is 9.84 Å². The lowest BCUT2D eigenvalue weighted by atomic mass is 10.1. The molecule has 1 saturated heterocycles. The average Bonchev–Trinajstić information content (AvgIpc) is 3.55. The summed E-state index contributed by atoms with van der Waals surface area (Å²) in [5.41, 5.74) is 2.92. The number of hydrogen-bond acceptors (Lipinski definition) is 7. The molecule has 0 saturated carbocycles. The zero-order chi connectivity index (χ0) is 23.9. The van der Waals surface area contributed by atoms with Gasteiger partial charge in [0, 0.05) is 12.1 Å². The number of hydrogen-bond donors (Lipinski definition) is 1. The van der Waals surface area contributed by atoms with E-state index in [0.717, 1.165) is 16.0 Å². The molecular weight excluding hydrogens is 472 g/mol. The second-order valence-corrected chi connectivity index (χ2v) is 11.5. The molecule has 1 aromatic carbocycles. The molecule has 1 aliphatic rings. The fraction of sp³-hybridized carbons (Fsp3) is 0.292. The summed E-state index contributed by atoms with van der Waals surface area (Å²) in [7, 11) is -1.49. The fourth-order valence-corrected chi connectivity index (χ4v) is 6.85. The van der Waals surface area contributed by atoms with Crippen LogP contribution in [0.3, 0.4) is 0 Å². The summed E-state index contributed by atoms with van der Waals surface area (Å²) in [5.74, 6) is 1.24. The number of fused-ring (bicyclic) bond motifs is 1. The van der Waals surface area contributed by atoms with Gasteiger partial charge in [0.05, 0.1) is 40.7 Å². The number of nitrogens with one attached hydrogen (secondary N) is 1. The van der Waals surface area contributed by atoms with Gasteiger partial charge in [-0.05, 0) is 36.9 Å². The molecule has 34 heavy (non-hydrogen) atoms.